The van der Waals surface area contributed by atoms with E-state index < -0.39 is 20.7 Å². The summed E-state index contributed by atoms with van der Waals surface area (Å²) >= 11 is -0.395. The molecule has 0 radical (unpaired) electrons. The molecule has 0 N–H and O–H groups in total. The number of carbonyl (C=O) groups is 1. The normalized spacial score (nSPS) is 17.7. The summed E-state index contributed by atoms with van der Waals surface area (Å²) in [5, 5.41) is 0.977. The molecule has 3 rings (SSSR count). The van der Waals surface area contributed by atoms with Crippen molar-refractivity contribution in [1.82, 2.24) is 14.5 Å². The van der Waals surface area contributed by atoms with Gasteiger partial charge in [0.1, 0.15) is 5.65 Å². The molecule has 2 aromatic heterocycles. The Morgan fingerprint density at radius 2 is 2.14 bits per heavy atom. The summed E-state index contributed by atoms with van der Waals surface area (Å²) in [6.07, 6.45) is 8.91. The van der Waals surface area contributed by atoms with Gasteiger partial charge in [-0.1, -0.05) is 51.4 Å². The maximum Gasteiger partial charge on any atom is 0.186 e. The molecule has 0 aromatic carbocycles. The Kier molecular flexibility index (Phi) is 4.43. The predicted molar refractivity (Wildman–Crippen MR) is 98.7 cm³/mol. The van der Waals surface area contributed by atoms with Gasteiger partial charge in [-0.15, -0.1) is 0 Å². The fourth-order valence-electron chi connectivity index (χ4n) is 3.72. The Morgan fingerprint density at radius 1 is 1.41 bits per heavy atom. The highest BCUT2D eigenvalue weighted by molar-refractivity contribution is 14.2. The van der Waals surface area contributed by atoms with Crippen molar-refractivity contribution in [2.45, 2.75) is 57.9 Å². The molecule has 2 aromatic rings. The first kappa shape index (κ1) is 15.8. The van der Waals surface area contributed by atoms with Crippen LogP contribution in [-0.4, -0.2) is 24.8 Å². The Bertz CT molecular complexity index is 729. The number of halogens is 1. The van der Waals surface area contributed by atoms with Gasteiger partial charge >= 0.3 is 0 Å². The molecule has 1 fully saturated rings. The SMILES string of the molecule is C=Ic1ncc2cc(C(C)=O)n(C3(CC)CCCCC3)c2n1. The third kappa shape index (κ3) is 2.53. The van der Waals surface area contributed by atoms with E-state index in [4.69, 9.17) is 4.98 Å². The van der Waals surface area contributed by atoms with E-state index in [1.165, 1.54) is 19.3 Å². The van der Waals surface area contributed by atoms with Crippen LogP contribution in [-0.2, 0) is 5.54 Å². The van der Waals surface area contributed by atoms with Crippen LogP contribution in [0.4, 0.5) is 0 Å². The van der Waals surface area contributed by atoms with Gasteiger partial charge in [0, 0.05) is 24.0 Å². The Hall–Kier alpha value is -1.11. The summed E-state index contributed by atoms with van der Waals surface area (Å²) in [5.41, 5.74) is 1.75. The van der Waals surface area contributed by atoms with E-state index in [1.54, 1.807) is 6.92 Å². The van der Waals surface area contributed by atoms with Crippen molar-refractivity contribution in [2.75, 3.05) is 0 Å². The van der Waals surface area contributed by atoms with Crippen LogP contribution in [0.25, 0.3) is 11.0 Å². The largest absolute Gasteiger partial charge is 0.316 e. The molecule has 1 saturated carbocycles. The molecule has 0 amide bonds. The van der Waals surface area contributed by atoms with Crippen LogP contribution >= 0.6 is 20.7 Å². The number of carbonyl (C=O) groups excluding carboxylic acids is 1. The van der Waals surface area contributed by atoms with Crippen LogP contribution in [0.3, 0.4) is 0 Å². The molecule has 0 bridgehead atoms. The van der Waals surface area contributed by atoms with Gasteiger partial charge in [0.25, 0.3) is 0 Å². The van der Waals surface area contributed by atoms with Gasteiger partial charge in [-0.25, -0.2) is 9.97 Å². The lowest BCUT2D eigenvalue weighted by atomic mass is 9.79. The predicted octanol–water partition coefficient (Wildman–Crippen LogP) is 4.28. The van der Waals surface area contributed by atoms with Crippen molar-refractivity contribution in [2.24, 2.45) is 0 Å². The molecule has 4 nitrogen and oxygen atoms in total. The van der Waals surface area contributed by atoms with E-state index in [1.807, 2.05) is 12.3 Å². The molecule has 0 atom stereocenters. The van der Waals surface area contributed by atoms with Crippen LogP contribution in [0.15, 0.2) is 12.3 Å². The topological polar surface area (TPSA) is 47.8 Å². The van der Waals surface area contributed by atoms with Crippen LogP contribution in [0.5, 0.6) is 0 Å². The zero-order valence-corrected chi connectivity index (χ0v) is 15.4. The summed E-state index contributed by atoms with van der Waals surface area (Å²) in [4.78, 5) is 21.4. The lowest BCUT2D eigenvalue weighted by molar-refractivity contribution is 0.0985. The number of hydrogen-bond donors (Lipinski definition) is 0. The number of fused-ring (bicyclic) bond motifs is 1. The van der Waals surface area contributed by atoms with Crippen molar-refractivity contribution >= 4 is 42.1 Å². The summed E-state index contributed by atoms with van der Waals surface area (Å²) < 4.78 is 7.09. The zero-order valence-electron chi connectivity index (χ0n) is 13.2. The number of ketones is 1. The van der Waals surface area contributed by atoms with E-state index in [9.17, 15) is 4.79 Å². The minimum Gasteiger partial charge on any atom is -0.316 e. The van der Waals surface area contributed by atoms with Crippen molar-refractivity contribution < 1.29 is 4.79 Å². The third-order valence-corrected chi connectivity index (χ3v) is 6.11. The van der Waals surface area contributed by atoms with Gasteiger partial charge in [-0.05, 0) is 25.3 Å². The van der Waals surface area contributed by atoms with Crippen molar-refractivity contribution in [3.05, 3.63) is 21.8 Å². The quantitative estimate of drug-likeness (QED) is 0.429. The molecule has 5 heteroatoms. The minimum absolute atomic E-state index is 0.0338. The van der Waals surface area contributed by atoms with Gasteiger partial charge < -0.3 is 4.57 Å². The highest BCUT2D eigenvalue weighted by Gasteiger charge is 2.36. The second kappa shape index (κ2) is 6.18. The third-order valence-electron chi connectivity index (χ3n) is 4.91. The van der Waals surface area contributed by atoms with Gasteiger partial charge in [-0.3, -0.25) is 4.79 Å². The molecule has 0 unspecified atom stereocenters. The second-order valence-corrected chi connectivity index (χ2v) is 7.84. The molecule has 0 aliphatic heterocycles. The van der Waals surface area contributed by atoms with Crippen LogP contribution in [0.1, 0.15) is 62.9 Å². The first-order valence-corrected chi connectivity index (χ1v) is 10.5. The van der Waals surface area contributed by atoms with Gasteiger partial charge in [-0.2, -0.15) is 0 Å². The Morgan fingerprint density at radius 3 is 2.73 bits per heavy atom. The molecule has 0 spiro atoms. The fourth-order valence-corrected chi connectivity index (χ4v) is 4.45. The summed E-state index contributed by atoms with van der Waals surface area (Å²) in [6.45, 7) is 3.89. The fraction of sp³-hybridized carbons (Fsp3) is 0.529. The minimum atomic E-state index is -0.395. The lowest BCUT2D eigenvalue weighted by Gasteiger charge is -2.39. The number of rotatable bonds is 4. The molecule has 118 valence electrons. The zero-order chi connectivity index (χ0) is 15.7. The first-order valence-electron chi connectivity index (χ1n) is 7.89. The van der Waals surface area contributed by atoms with E-state index >= 15 is 0 Å². The molecule has 1 aliphatic rings. The van der Waals surface area contributed by atoms with E-state index in [2.05, 4.69) is 21.0 Å². The van der Waals surface area contributed by atoms with Gasteiger partial charge in [0.05, 0.1) is 5.69 Å². The van der Waals surface area contributed by atoms with E-state index in [0.29, 0.717) is 0 Å². The molecule has 0 saturated heterocycles. The Balaban J connectivity index is 2.30. The average Bonchev–Trinajstić information content (AvgIpc) is 2.94. The maximum atomic E-state index is 12.2. The van der Waals surface area contributed by atoms with Gasteiger partial charge in [0.2, 0.25) is 0 Å². The average molecular weight is 411 g/mol. The molecule has 22 heavy (non-hydrogen) atoms. The second-order valence-electron chi connectivity index (χ2n) is 6.11. The van der Waals surface area contributed by atoms with Crippen LogP contribution in [0, 0.1) is 3.83 Å². The van der Waals surface area contributed by atoms with Crippen LogP contribution in [0.2, 0.25) is 0 Å². The summed E-state index contributed by atoms with van der Waals surface area (Å²) in [6, 6.07) is 1.97. The number of Topliss-reactive ketones (excluding diaryl/α,β-unsaturated/α-hetero) is 1. The molecular formula is C17H22IN3O. The van der Waals surface area contributed by atoms with E-state index in [-0.39, 0.29) is 11.3 Å². The highest BCUT2D eigenvalue weighted by Crippen LogP contribution is 2.41. The molecule has 1 aliphatic carbocycles. The van der Waals surface area contributed by atoms with Crippen molar-refractivity contribution in [3.8, 4) is 0 Å². The monoisotopic (exact) mass is 411 g/mol. The summed E-state index contributed by atoms with van der Waals surface area (Å²) in [5.74, 6) is 0.113. The van der Waals surface area contributed by atoms with E-state index in [0.717, 1.165) is 39.8 Å². The smallest absolute Gasteiger partial charge is 0.186 e. The molecule has 2 heterocycles. The highest BCUT2D eigenvalue weighted by atomic mass is 127. The summed E-state index contributed by atoms with van der Waals surface area (Å²) in [7, 11) is 0. The number of hydrogen-bond acceptors (Lipinski definition) is 3. The maximum absolute atomic E-state index is 12.2. The standard InChI is InChI=1S/C17H22IN3O/c1-4-17(8-6-5-7-9-17)21-14(12(2)22)10-13-11-19-16(18-3)20-15(13)21/h10-11H,3-9H2,1-2H3. The number of aromatic nitrogens is 3. The molecular weight excluding hydrogens is 389 g/mol. The Labute approximate surface area is 141 Å². The lowest BCUT2D eigenvalue weighted by Crippen LogP contribution is -2.37. The van der Waals surface area contributed by atoms with Crippen molar-refractivity contribution in [3.63, 3.8) is 0 Å². The first-order chi connectivity index (χ1) is 10.6. The number of nitrogens with zero attached hydrogens (tertiary/aromatic N) is 3. The van der Waals surface area contributed by atoms with Crippen molar-refractivity contribution in [1.29, 1.82) is 0 Å². The van der Waals surface area contributed by atoms with Crippen LogP contribution < -0.4 is 0 Å². The van der Waals surface area contributed by atoms with Gasteiger partial charge in [0.15, 0.2) is 9.61 Å².